The molecule has 0 aromatic carbocycles. The number of aliphatic hydroxyl groups is 1. The molecular weight excluding hydrogens is 204 g/mol. The van der Waals surface area contributed by atoms with Crippen LogP contribution in [0.15, 0.2) is 24.5 Å². The summed E-state index contributed by atoms with van der Waals surface area (Å²) < 4.78 is 0. The van der Waals surface area contributed by atoms with Crippen LogP contribution >= 0.6 is 0 Å². The van der Waals surface area contributed by atoms with E-state index in [1.165, 1.54) is 0 Å². The second kappa shape index (κ2) is 4.22. The molecule has 2 rings (SSSR count). The Labute approximate surface area is 94.9 Å². The van der Waals surface area contributed by atoms with Gasteiger partial charge in [-0.05, 0) is 25.0 Å². The fourth-order valence-corrected chi connectivity index (χ4v) is 2.08. The van der Waals surface area contributed by atoms with Crippen molar-refractivity contribution in [3.05, 3.63) is 24.5 Å². The molecule has 4 heteroatoms. The lowest BCUT2D eigenvalue weighted by molar-refractivity contribution is -0.136. The summed E-state index contributed by atoms with van der Waals surface area (Å²) in [5.41, 5.74) is 0.289. The van der Waals surface area contributed by atoms with Gasteiger partial charge in [-0.3, -0.25) is 9.78 Å². The highest BCUT2D eigenvalue weighted by atomic mass is 16.3. The summed E-state index contributed by atoms with van der Waals surface area (Å²) in [5, 5.41) is 9.34. The first kappa shape index (κ1) is 11.1. The van der Waals surface area contributed by atoms with Crippen molar-refractivity contribution in [3.63, 3.8) is 0 Å². The molecule has 0 bridgehead atoms. The highest BCUT2D eigenvalue weighted by Gasteiger charge is 2.45. The van der Waals surface area contributed by atoms with Gasteiger partial charge < -0.3 is 10.0 Å². The maximum atomic E-state index is 12.2. The lowest BCUT2D eigenvalue weighted by Crippen LogP contribution is -2.49. The van der Waals surface area contributed by atoms with Crippen LogP contribution in [0.1, 0.15) is 19.3 Å². The summed E-state index contributed by atoms with van der Waals surface area (Å²) >= 11 is 0. The van der Waals surface area contributed by atoms with E-state index in [1.807, 2.05) is 0 Å². The predicted molar refractivity (Wildman–Crippen MR) is 61.0 cm³/mol. The quantitative estimate of drug-likeness (QED) is 0.833. The third kappa shape index (κ3) is 1.69. The molecule has 1 aliphatic carbocycles. The highest BCUT2D eigenvalue weighted by Crippen LogP contribution is 2.42. The molecule has 1 aliphatic rings. The standard InChI is InChI=1S/C12H16N2O2/c1-14(10-3-7-13-8-4-10)11(16)12(9-15)5-2-6-12/h3-4,7-8,15H,2,5-6,9H2,1H3. The van der Waals surface area contributed by atoms with E-state index in [9.17, 15) is 9.90 Å². The zero-order valence-electron chi connectivity index (χ0n) is 9.39. The van der Waals surface area contributed by atoms with Gasteiger partial charge in [-0.25, -0.2) is 0 Å². The van der Waals surface area contributed by atoms with E-state index in [4.69, 9.17) is 0 Å². The van der Waals surface area contributed by atoms with Gasteiger partial charge >= 0.3 is 0 Å². The van der Waals surface area contributed by atoms with Crippen LogP contribution in [-0.4, -0.2) is 29.7 Å². The number of hydrogen-bond acceptors (Lipinski definition) is 3. The maximum Gasteiger partial charge on any atom is 0.235 e. The number of pyridine rings is 1. The first-order valence-corrected chi connectivity index (χ1v) is 5.49. The molecule has 1 amide bonds. The molecule has 0 radical (unpaired) electrons. The van der Waals surface area contributed by atoms with Crippen molar-refractivity contribution < 1.29 is 9.90 Å². The number of nitrogens with zero attached hydrogens (tertiary/aromatic N) is 2. The second-order valence-electron chi connectivity index (χ2n) is 4.36. The minimum Gasteiger partial charge on any atom is -0.395 e. The number of anilines is 1. The van der Waals surface area contributed by atoms with Crippen molar-refractivity contribution in [2.24, 2.45) is 5.41 Å². The Kier molecular flexibility index (Phi) is 2.92. The number of carbonyl (C=O) groups excluding carboxylic acids is 1. The molecule has 0 unspecified atom stereocenters. The Hall–Kier alpha value is -1.42. The molecule has 16 heavy (non-hydrogen) atoms. The summed E-state index contributed by atoms with van der Waals surface area (Å²) in [6.07, 6.45) is 5.92. The summed E-state index contributed by atoms with van der Waals surface area (Å²) in [6, 6.07) is 3.59. The third-order valence-corrected chi connectivity index (χ3v) is 3.42. The van der Waals surface area contributed by atoms with Gasteiger partial charge in [0.15, 0.2) is 0 Å². The van der Waals surface area contributed by atoms with E-state index in [1.54, 1.807) is 36.5 Å². The number of amides is 1. The van der Waals surface area contributed by atoms with Gasteiger partial charge in [0.1, 0.15) is 0 Å². The molecule has 1 fully saturated rings. The van der Waals surface area contributed by atoms with Gasteiger partial charge in [0.2, 0.25) is 5.91 Å². The Morgan fingerprint density at radius 3 is 2.56 bits per heavy atom. The largest absolute Gasteiger partial charge is 0.395 e. The van der Waals surface area contributed by atoms with E-state index in [-0.39, 0.29) is 12.5 Å². The van der Waals surface area contributed by atoms with Crippen molar-refractivity contribution in [2.45, 2.75) is 19.3 Å². The number of aliphatic hydroxyl groups excluding tert-OH is 1. The molecular formula is C12H16N2O2. The van der Waals surface area contributed by atoms with Gasteiger partial charge in [0, 0.05) is 25.1 Å². The van der Waals surface area contributed by atoms with Crippen LogP contribution in [0.4, 0.5) is 5.69 Å². The first-order valence-electron chi connectivity index (χ1n) is 5.49. The zero-order chi connectivity index (χ0) is 11.6. The molecule has 0 atom stereocenters. The lowest BCUT2D eigenvalue weighted by Gasteiger charge is -2.41. The van der Waals surface area contributed by atoms with E-state index >= 15 is 0 Å². The Morgan fingerprint density at radius 1 is 1.50 bits per heavy atom. The zero-order valence-corrected chi connectivity index (χ0v) is 9.39. The van der Waals surface area contributed by atoms with Gasteiger partial charge in [-0.1, -0.05) is 6.42 Å². The molecule has 1 saturated carbocycles. The smallest absolute Gasteiger partial charge is 0.235 e. The predicted octanol–water partition coefficient (Wildman–Crippen LogP) is 1.21. The van der Waals surface area contributed by atoms with Gasteiger partial charge in [0.05, 0.1) is 12.0 Å². The number of rotatable bonds is 3. The van der Waals surface area contributed by atoms with E-state index in [2.05, 4.69) is 4.98 Å². The lowest BCUT2D eigenvalue weighted by atomic mass is 9.68. The molecule has 0 saturated heterocycles. The molecule has 1 aromatic heterocycles. The van der Waals surface area contributed by atoms with Crippen molar-refractivity contribution in [3.8, 4) is 0 Å². The molecule has 1 heterocycles. The van der Waals surface area contributed by atoms with Crippen LogP contribution in [-0.2, 0) is 4.79 Å². The molecule has 0 spiro atoms. The fourth-order valence-electron chi connectivity index (χ4n) is 2.08. The molecule has 4 nitrogen and oxygen atoms in total. The molecule has 86 valence electrons. The van der Waals surface area contributed by atoms with E-state index in [0.29, 0.717) is 0 Å². The van der Waals surface area contributed by atoms with E-state index in [0.717, 1.165) is 24.9 Å². The summed E-state index contributed by atoms with van der Waals surface area (Å²) in [4.78, 5) is 17.7. The second-order valence-corrected chi connectivity index (χ2v) is 4.36. The summed E-state index contributed by atoms with van der Waals surface area (Å²) in [6.45, 7) is -0.0543. The Bertz CT molecular complexity index is 368. The number of hydrogen-bond donors (Lipinski definition) is 1. The topological polar surface area (TPSA) is 53.4 Å². The summed E-state index contributed by atoms with van der Waals surface area (Å²) in [5.74, 6) is 0.00690. The molecule has 0 aliphatic heterocycles. The minimum absolute atomic E-state index is 0.00690. The van der Waals surface area contributed by atoms with Crippen LogP contribution in [0.3, 0.4) is 0 Å². The number of aromatic nitrogens is 1. The van der Waals surface area contributed by atoms with Crippen LogP contribution < -0.4 is 4.90 Å². The van der Waals surface area contributed by atoms with Crippen LogP contribution in [0.25, 0.3) is 0 Å². The Morgan fingerprint density at radius 2 is 2.12 bits per heavy atom. The first-order chi connectivity index (χ1) is 7.69. The average molecular weight is 220 g/mol. The minimum atomic E-state index is -0.530. The molecule has 1 N–H and O–H groups in total. The van der Waals surface area contributed by atoms with Gasteiger partial charge in [-0.2, -0.15) is 0 Å². The SMILES string of the molecule is CN(C(=O)C1(CO)CCC1)c1ccncc1. The Balaban J connectivity index is 2.16. The summed E-state index contributed by atoms with van der Waals surface area (Å²) in [7, 11) is 1.74. The van der Waals surface area contributed by atoms with Gasteiger partial charge in [0.25, 0.3) is 0 Å². The maximum absolute atomic E-state index is 12.2. The van der Waals surface area contributed by atoms with Crippen LogP contribution in [0, 0.1) is 5.41 Å². The highest BCUT2D eigenvalue weighted by molar-refractivity contribution is 5.97. The van der Waals surface area contributed by atoms with Gasteiger partial charge in [-0.15, -0.1) is 0 Å². The normalized spacial score (nSPS) is 17.6. The average Bonchev–Trinajstić information content (AvgIpc) is 2.28. The monoisotopic (exact) mass is 220 g/mol. The van der Waals surface area contributed by atoms with Crippen LogP contribution in [0.2, 0.25) is 0 Å². The van der Waals surface area contributed by atoms with Crippen molar-refractivity contribution in [1.29, 1.82) is 0 Å². The third-order valence-electron chi connectivity index (χ3n) is 3.42. The number of carbonyl (C=O) groups is 1. The van der Waals surface area contributed by atoms with Crippen molar-refractivity contribution in [2.75, 3.05) is 18.6 Å². The molecule has 1 aromatic rings. The van der Waals surface area contributed by atoms with E-state index < -0.39 is 5.41 Å². The van der Waals surface area contributed by atoms with Crippen molar-refractivity contribution >= 4 is 11.6 Å². The van der Waals surface area contributed by atoms with Crippen LogP contribution in [0.5, 0.6) is 0 Å². The fraction of sp³-hybridized carbons (Fsp3) is 0.500. The van der Waals surface area contributed by atoms with Crippen molar-refractivity contribution in [1.82, 2.24) is 4.98 Å².